The van der Waals surface area contributed by atoms with Gasteiger partial charge in [0, 0.05) is 43.4 Å². The number of halogens is 4. The molecule has 3 heterocycles. The molecule has 0 saturated carbocycles. The molecule has 1 aliphatic rings. The zero-order valence-electron chi connectivity index (χ0n) is 21.6. The average Bonchev–Trinajstić information content (AvgIpc) is 3.24. The fourth-order valence-corrected chi connectivity index (χ4v) is 5.04. The number of imidazole rings is 1. The van der Waals surface area contributed by atoms with Gasteiger partial charge in [0.15, 0.2) is 15.5 Å². The summed E-state index contributed by atoms with van der Waals surface area (Å²) in [5.41, 5.74) is 1.54. The first-order valence-electron chi connectivity index (χ1n) is 12.1. The summed E-state index contributed by atoms with van der Waals surface area (Å²) in [6.45, 7) is 1.07. The van der Waals surface area contributed by atoms with E-state index in [1.165, 1.54) is 36.0 Å². The van der Waals surface area contributed by atoms with Crippen LogP contribution >= 0.6 is 0 Å². The normalized spacial score (nSPS) is 18.4. The molecule has 1 aliphatic heterocycles. The van der Waals surface area contributed by atoms with Crippen LogP contribution in [0.5, 0.6) is 5.75 Å². The van der Waals surface area contributed by atoms with Crippen molar-refractivity contribution in [2.24, 2.45) is 0 Å². The van der Waals surface area contributed by atoms with Gasteiger partial charge < -0.3 is 24.7 Å². The molecule has 0 bridgehead atoms. The number of nitrogens with zero attached hydrogens (tertiary/aromatic N) is 3. The number of aromatic nitrogens is 2. The molecule has 0 spiro atoms. The Morgan fingerprint density at radius 3 is 2.67 bits per heavy atom. The molecular formula is C26H29F4N5O3S. The highest BCUT2D eigenvalue weighted by atomic mass is 32.2. The lowest BCUT2D eigenvalue weighted by Crippen LogP contribution is -2.46. The predicted octanol–water partition coefficient (Wildman–Crippen LogP) is 3.77. The first-order valence-corrected chi connectivity index (χ1v) is 14.0. The second-order valence-corrected chi connectivity index (χ2v) is 11.5. The Morgan fingerprint density at radius 2 is 2.00 bits per heavy atom. The van der Waals surface area contributed by atoms with Gasteiger partial charge >= 0.3 is 6.18 Å². The van der Waals surface area contributed by atoms with Gasteiger partial charge in [-0.1, -0.05) is 11.8 Å². The Kier molecular flexibility index (Phi) is 8.27. The Labute approximate surface area is 224 Å². The summed E-state index contributed by atoms with van der Waals surface area (Å²) in [7, 11) is -0.161. The average molecular weight is 568 g/mol. The Bertz CT molecular complexity index is 1510. The van der Waals surface area contributed by atoms with E-state index in [4.69, 9.17) is 4.74 Å². The second kappa shape index (κ2) is 11.3. The predicted molar refractivity (Wildman–Crippen MR) is 141 cm³/mol. The highest BCUT2D eigenvalue weighted by molar-refractivity contribution is 7.90. The zero-order chi connectivity index (χ0) is 28.4. The number of alkyl halides is 4. The summed E-state index contributed by atoms with van der Waals surface area (Å²) in [6, 6.07) is 5.55. The Morgan fingerprint density at radius 1 is 1.23 bits per heavy atom. The number of hydrogen-bond donors (Lipinski definition) is 2. The molecule has 39 heavy (non-hydrogen) atoms. The maximum Gasteiger partial charge on any atom is 0.394 e. The van der Waals surface area contributed by atoms with Crippen molar-refractivity contribution in [3.05, 3.63) is 47.9 Å². The lowest BCUT2D eigenvalue weighted by atomic mass is 10.0. The van der Waals surface area contributed by atoms with E-state index in [2.05, 4.69) is 27.5 Å². The maximum absolute atomic E-state index is 14.7. The minimum atomic E-state index is -4.43. The number of piperidine rings is 1. The summed E-state index contributed by atoms with van der Waals surface area (Å²) in [6.07, 6.45) is -2.49. The van der Waals surface area contributed by atoms with Crippen LogP contribution in [0.25, 0.3) is 5.65 Å². The summed E-state index contributed by atoms with van der Waals surface area (Å²) in [4.78, 5) is 6.17. The van der Waals surface area contributed by atoms with Gasteiger partial charge in [-0.25, -0.2) is 17.8 Å². The van der Waals surface area contributed by atoms with Crippen molar-refractivity contribution in [1.82, 2.24) is 14.3 Å². The molecule has 2 aromatic heterocycles. The third-order valence-corrected chi connectivity index (χ3v) is 7.46. The van der Waals surface area contributed by atoms with Crippen LogP contribution in [0.1, 0.15) is 17.7 Å². The number of pyridine rings is 1. The van der Waals surface area contributed by atoms with E-state index < -0.39 is 34.6 Å². The zero-order valence-corrected chi connectivity index (χ0v) is 22.5. The fraction of sp³-hybridized carbons (Fsp3) is 0.423. The third-order valence-electron chi connectivity index (χ3n) is 6.35. The van der Waals surface area contributed by atoms with Gasteiger partial charge in [-0.05, 0) is 31.7 Å². The van der Waals surface area contributed by atoms with Crippen LogP contribution in [0.3, 0.4) is 0 Å². The number of methoxy groups -OCH3 is 1. The van der Waals surface area contributed by atoms with Crippen LogP contribution in [0, 0.1) is 11.8 Å². The number of likely N-dealkylation sites (tertiary alicyclic amines) is 1. The molecule has 210 valence electrons. The van der Waals surface area contributed by atoms with Crippen LogP contribution in [-0.4, -0.2) is 81.1 Å². The first kappa shape index (κ1) is 28.5. The van der Waals surface area contributed by atoms with Crippen molar-refractivity contribution in [3.8, 4) is 17.6 Å². The standard InChI is InChI=1S/C26H29F4N5O3S/c1-34-10-8-21(20(27)16-34)33-23-11-17(15-35-18(13-26(28,29)30)14-32-25(23)35)5-4-9-31-22-7-6-19(39(3,36)37)12-24(22)38-2/h6-7,11-12,14-15,20-21,31,33H,8-10,13,16H2,1-3H3/t20-,21+/m0/s1. The fourth-order valence-electron chi connectivity index (χ4n) is 4.40. The summed E-state index contributed by atoms with van der Waals surface area (Å²) < 4.78 is 84.4. The van der Waals surface area contributed by atoms with E-state index in [-0.39, 0.29) is 29.3 Å². The van der Waals surface area contributed by atoms with E-state index in [1.54, 1.807) is 12.1 Å². The number of fused-ring (bicyclic) bond motifs is 1. The number of benzene rings is 1. The van der Waals surface area contributed by atoms with Crippen molar-refractivity contribution in [3.63, 3.8) is 0 Å². The summed E-state index contributed by atoms with van der Waals surface area (Å²) >= 11 is 0. The van der Waals surface area contributed by atoms with E-state index in [0.717, 1.165) is 6.26 Å². The second-order valence-electron chi connectivity index (χ2n) is 9.48. The van der Waals surface area contributed by atoms with Crippen LogP contribution in [0.4, 0.5) is 28.9 Å². The number of nitrogens with one attached hydrogen (secondary N) is 2. The SMILES string of the molecule is COc1cc(S(C)(=O)=O)ccc1NCC#Cc1cc(N[C@@H]2CCN(C)C[C@@H]2F)c2ncc(CC(F)(F)F)n2c1. The molecule has 2 N–H and O–H groups in total. The molecule has 0 unspecified atom stereocenters. The minimum Gasteiger partial charge on any atom is -0.495 e. The molecule has 13 heteroatoms. The molecule has 1 saturated heterocycles. The van der Waals surface area contributed by atoms with Gasteiger partial charge in [-0.2, -0.15) is 13.2 Å². The quantitative estimate of drug-likeness (QED) is 0.332. The molecule has 0 aliphatic carbocycles. The molecule has 2 atom stereocenters. The van der Waals surface area contributed by atoms with Crippen LogP contribution in [-0.2, 0) is 16.3 Å². The maximum atomic E-state index is 14.7. The largest absolute Gasteiger partial charge is 0.495 e. The number of anilines is 2. The van der Waals surface area contributed by atoms with E-state index in [9.17, 15) is 26.0 Å². The van der Waals surface area contributed by atoms with Crippen LogP contribution in [0.15, 0.2) is 41.6 Å². The lowest BCUT2D eigenvalue weighted by molar-refractivity contribution is -0.127. The molecule has 4 rings (SSSR count). The van der Waals surface area contributed by atoms with Gasteiger partial charge in [0.05, 0.1) is 48.1 Å². The molecule has 3 aromatic rings. The van der Waals surface area contributed by atoms with Gasteiger partial charge in [-0.15, -0.1) is 0 Å². The van der Waals surface area contributed by atoms with Crippen LogP contribution in [0.2, 0.25) is 0 Å². The van der Waals surface area contributed by atoms with Gasteiger partial charge in [0.1, 0.15) is 11.9 Å². The number of rotatable bonds is 7. The molecule has 0 amide bonds. The van der Waals surface area contributed by atoms with Crippen molar-refractivity contribution in [2.75, 3.05) is 50.7 Å². The lowest BCUT2D eigenvalue weighted by Gasteiger charge is -2.33. The number of sulfone groups is 1. The molecule has 1 aromatic carbocycles. The Hall–Kier alpha value is -3.50. The van der Waals surface area contributed by atoms with E-state index in [0.29, 0.717) is 35.7 Å². The van der Waals surface area contributed by atoms with Crippen LogP contribution < -0.4 is 15.4 Å². The smallest absolute Gasteiger partial charge is 0.394 e. The summed E-state index contributed by atoms with van der Waals surface area (Å²) in [5, 5.41) is 6.19. The molecule has 8 nitrogen and oxygen atoms in total. The molecule has 1 fully saturated rings. The topological polar surface area (TPSA) is 88.0 Å². The van der Waals surface area contributed by atoms with E-state index >= 15 is 0 Å². The number of hydrogen-bond acceptors (Lipinski definition) is 7. The van der Waals surface area contributed by atoms with Crippen molar-refractivity contribution >= 4 is 26.9 Å². The van der Waals surface area contributed by atoms with Crippen molar-refractivity contribution in [1.29, 1.82) is 0 Å². The number of ether oxygens (including phenoxy) is 1. The first-order chi connectivity index (χ1) is 18.3. The van der Waals surface area contributed by atoms with Crippen molar-refractivity contribution in [2.45, 2.75) is 36.1 Å². The highest BCUT2D eigenvalue weighted by Crippen LogP contribution is 2.29. The van der Waals surface area contributed by atoms with Gasteiger partial charge in [-0.3, -0.25) is 0 Å². The van der Waals surface area contributed by atoms with Crippen molar-refractivity contribution < 1.29 is 30.7 Å². The van der Waals surface area contributed by atoms with Gasteiger partial charge in [0.2, 0.25) is 0 Å². The van der Waals surface area contributed by atoms with Gasteiger partial charge in [0.25, 0.3) is 0 Å². The summed E-state index contributed by atoms with van der Waals surface area (Å²) in [5.74, 6) is 6.17. The molecular weight excluding hydrogens is 538 g/mol. The Balaban J connectivity index is 1.60. The van der Waals surface area contributed by atoms with E-state index in [1.807, 2.05) is 11.9 Å². The highest BCUT2D eigenvalue weighted by Gasteiger charge is 2.31. The monoisotopic (exact) mass is 567 g/mol. The minimum absolute atomic E-state index is 0.0572. The third kappa shape index (κ3) is 7.13. The molecule has 0 radical (unpaired) electrons.